The first kappa shape index (κ1) is 14.9. The van der Waals surface area contributed by atoms with Gasteiger partial charge in [0.25, 0.3) is 0 Å². The summed E-state index contributed by atoms with van der Waals surface area (Å²) >= 11 is 0. The molecule has 0 fully saturated rings. The predicted molar refractivity (Wildman–Crippen MR) is 66.1 cm³/mol. The van der Waals surface area contributed by atoms with Crippen LogP contribution in [-0.2, 0) is 4.74 Å². The number of nitrogens with zero attached hydrogens (tertiary/aromatic N) is 1. The van der Waals surface area contributed by atoms with Gasteiger partial charge in [0, 0.05) is 13.2 Å². The van der Waals surface area contributed by atoms with Gasteiger partial charge >= 0.3 is 0 Å². The van der Waals surface area contributed by atoms with Crippen molar-refractivity contribution in [1.82, 2.24) is 4.90 Å². The van der Waals surface area contributed by atoms with Crippen LogP contribution in [0.4, 0.5) is 0 Å². The summed E-state index contributed by atoms with van der Waals surface area (Å²) in [4.78, 5) is 2.46. The maximum absolute atomic E-state index is 5.89. The van der Waals surface area contributed by atoms with Crippen molar-refractivity contribution in [3.63, 3.8) is 0 Å². The van der Waals surface area contributed by atoms with E-state index in [1.54, 1.807) is 0 Å². The highest BCUT2D eigenvalue weighted by atomic mass is 16.5. The fourth-order valence-electron chi connectivity index (χ4n) is 1.79. The Morgan fingerprint density at radius 1 is 1.13 bits per heavy atom. The lowest BCUT2D eigenvalue weighted by Crippen LogP contribution is -2.55. The molecule has 0 radical (unpaired) electrons. The second-order valence-corrected chi connectivity index (χ2v) is 4.33. The largest absolute Gasteiger partial charge is 0.380 e. The van der Waals surface area contributed by atoms with Crippen molar-refractivity contribution >= 4 is 0 Å². The summed E-state index contributed by atoms with van der Waals surface area (Å²) in [5.41, 5.74) is 5.89. The fourth-order valence-corrected chi connectivity index (χ4v) is 1.79. The molecule has 0 saturated carbocycles. The van der Waals surface area contributed by atoms with Crippen LogP contribution in [-0.4, -0.2) is 43.3 Å². The van der Waals surface area contributed by atoms with Crippen LogP contribution < -0.4 is 5.73 Å². The van der Waals surface area contributed by atoms with E-state index in [1.807, 2.05) is 6.92 Å². The summed E-state index contributed by atoms with van der Waals surface area (Å²) in [6.45, 7) is 13.0. The van der Waals surface area contributed by atoms with Gasteiger partial charge in [0.15, 0.2) is 0 Å². The predicted octanol–water partition coefficient (Wildman–Crippen LogP) is 1.86. The van der Waals surface area contributed by atoms with Gasteiger partial charge in [0.05, 0.1) is 12.1 Å². The lowest BCUT2D eigenvalue weighted by atomic mass is 10.0. The van der Waals surface area contributed by atoms with Crippen LogP contribution in [0.3, 0.4) is 0 Å². The summed E-state index contributed by atoms with van der Waals surface area (Å²) in [7, 11) is 0. The molecule has 0 amide bonds. The highest BCUT2D eigenvalue weighted by Gasteiger charge is 2.29. The van der Waals surface area contributed by atoms with E-state index in [0.29, 0.717) is 6.54 Å². The lowest BCUT2D eigenvalue weighted by Gasteiger charge is -2.40. The molecule has 2 N–H and O–H groups in total. The van der Waals surface area contributed by atoms with Crippen molar-refractivity contribution in [3.05, 3.63) is 0 Å². The van der Waals surface area contributed by atoms with E-state index in [9.17, 15) is 0 Å². The van der Waals surface area contributed by atoms with Crippen molar-refractivity contribution in [3.8, 4) is 0 Å². The molecule has 0 saturated heterocycles. The minimum absolute atomic E-state index is 0.00201. The van der Waals surface area contributed by atoms with Crippen LogP contribution in [0.25, 0.3) is 0 Å². The lowest BCUT2D eigenvalue weighted by molar-refractivity contribution is 0.0101. The zero-order valence-corrected chi connectivity index (χ0v) is 10.9. The van der Waals surface area contributed by atoms with E-state index < -0.39 is 0 Å². The Labute approximate surface area is 95.0 Å². The number of nitrogens with two attached hydrogens (primary N) is 1. The molecule has 0 bridgehead atoms. The van der Waals surface area contributed by atoms with Crippen LogP contribution in [0.1, 0.15) is 40.5 Å². The molecule has 0 rings (SSSR count). The van der Waals surface area contributed by atoms with Gasteiger partial charge in [-0.2, -0.15) is 0 Å². The Bertz CT molecular complexity index is 147. The van der Waals surface area contributed by atoms with E-state index in [-0.39, 0.29) is 5.54 Å². The summed E-state index contributed by atoms with van der Waals surface area (Å²) < 4.78 is 5.54. The second-order valence-electron chi connectivity index (χ2n) is 4.33. The Morgan fingerprint density at radius 2 is 1.67 bits per heavy atom. The molecule has 92 valence electrons. The van der Waals surface area contributed by atoms with E-state index in [2.05, 4.69) is 25.7 Å². The number of ether oxygens (including phenoxy) is 1. The Balaban J connectivity index is 4.37. The van der Waals surface area contributed by atoms with Crippen molar-refractivity contribution in [2.24, 2.45) is 5.73 Å². The van der Waals surface area contributed by atoms with Gasteiger partial charge in [0.1, 0.15) is 0 Å². The van der Waals surface area contributed by atoms with Gasteiger partial charge in [-0.25, -0.2) is 0 Å². The standard InChI is InChI=1S/C12H28N2O/c1-5-8-14(9-6-2)12(4,10-13)11-15-7-3/h5-11,13H2,1-4H3. The average molecular weight is 216 g/mol. The third-order valence-electron chi connectivity index (χ3n) is 2.81. The average Bonchev–Trinajstić information content (AvgIpc) is 2.25. The highest BCUT2D eigenvalue weighted by molar-refractivity contribution is 4.87. The summed E-state index contributed by atoms with van der Waals surface area (Å²) in [6, 6.07) is 0. The fraction of sp³-hybridized carbons (Fsp3) is 1.00. The molecule has 1 atom stereocenters. The highest BCUT2D eigenvalue weighted by Crippen LogP contribution is 2.15. The number of hydrogen-bond acceptors (Lipinski definition) is 3. The van der Waals surface area contributed by atoms with Gasteiger partial charge in [-0.05, 0) is 39.8 Å². The molecule has 1 unspecified atom stereocenters. The van der Waals surface area contributed by atoms with E-state index in [4.69, 9.17) is 10.5 Å². The molecule has 3 nitrogen and oxygen atoms in total. The van der Waals surface area contributed by atoms with Gasteiger partial charge < -0.3 is 10.5 Å². The van der Waals surface area contributed by atoms with Crippen LogP contribution in [0, 0.1) is 0 Å². The molecule has 0 aromatic heterocycles. The maximum atomic E-state index is 5.89. The molecule has 0 aromatic carbocycles. The molecule has 0 spiro atoms. The SMILES string of the molecule is CCCN(CCC)C(C)(CN)COCC. The first-order valence-electron chi connectivity index (χ1n) is 6.17. The normalized spacial score (nSPS) is 15.6. The third-order valence-corrected chi connectivity index (χ3v) is 2.81. The minimum Gasteiger partial charge on any atom is -0.380 e. The Kier molecular flexibility index (Phi) is 8.02. The topological polar surface area (TPSA) is 38.5 Å². The van der Waals surface area contributed by atoms with E-state index in [1.165, 1.54) is 12.8 Å². The molecule has 0 heterocycles. The zero-order valence-electron chi connectivity index (χ0n) is 10.9. The minimum atomic E-state index is 0.00201. The quantitative estimate of drug-likeness (QED) is 0.639. The molecule has 0 aliphatic carbocycles. The first-order chi connectivity index (χ1) is 7.14. The van der Waals surface area contributed by atoms with Crippen LogP contribution in [0.5, 0.6) is 0 Å². The summed E-state index contributed by atoms with van der Waals surface area (Å²) in [5, 5.41) is 0. The first-order valence-corrected chi connectivity index (χ1v) is 6.17. The van der Waals surface area contributed by atoms with Gasteiger partial charge in [-0.3, -0.25) is 4.90 Å². The maximum Gasteiger partial charge on any atom is 0.0659 e. The van der Waals surface area contributed by atoms with E-state index in [0.717, 1.165) is 26.3 Å². The monoisotopic (exact) mass is 216 g/mol. The van der Waals surface area contributed by atoms with Gasteiger partial charge in [-0.15, -0.1) is 0 Å². The summed E-state index contributed by atoms with van der Waals surface area (Å²) in [6.07, 6.45) is 2.34. The smallest absolute Gasteiger partial charge is 0.0659 e. The molecular formula is C12H28N2O. The van der Waals surface area contributed by atoms with Crippen LogP contribution in [0.15, 0.2) is 0 Å². The molecule has 15 heavy (non-hydrogen) atoms. The Hall–Kier alpha value is -0.120. The van der Waals surface area contributed by atoms with Crippen LogP contribution >= 0.6 is 0 Å². The van der Waals surface area contributed by atoms with E-state index >= 15 is 0 Å². The molecule has 0 aliphatic heterocycles. The van der Waals surface area contributed by atoms with Crippen molar-refractivity contribution < 1.29 is 4.74 Å². The molecule has 0 aliphatic rings. The molecule has 3 heteroatoms. The number of rotatable bonds is 9. The van der Waals surface area contributed by atoms with Crippen molar-refractivity contribution in [2.45, 2.75) is 46.1 Å². The zero-order chi connectivity index (χ0) is 11.7. The third kappa shape index (κ3) is 4.96. The molecule has 0 aromatic rings. The van der Waals surface area contributed by atoms with Crippen molar-refractivity contribution in [1.29, 1.82) is 0 Å². The van der Waals surface area contributed by atoms with Gasteiger partial charge in [-0.1, -0.05) is 13.8 Å². The van der Waals surface area contributed by atoms with Crippen molar-refractivity contribution in [2.75, 3.05) is 32.8 Å². The van der Waals surface area contributed by atoms with Crippen LogP contribution in [0.2, 0.25) is 0 Å². The summed E-state index contributed by atoms with van der Waals surface area (Å²) in [5.74, 6) is 0. The van der Waals surface area contributed by atoms with Gasteiger partial charge in [0.2, 0.25) is 0 Å². The second kappa shape index (κ2) is 8.08. The molecular weight excluding hydrogens is 188 g/mol. The Morgan fingerprint density at radius 3 is 2.00 bits per heavy atom. The number of hydrogen-bond donors (Lipinski definition) is 1.